The average Bonchev–Trinajstić information content (AvgIpc) is 2.55. The fourth-order valence-electron chi connectivity index (χ4n) is 2.58. The van der Waals surface area contributed by atoms with Gasteiger partial charge in [-0.25, -0.2) is 4.39 Å². The fourth-order valence-corrected chi connectivity index (χ4v) is 2.92. The summed E-state index contributed by atoms with van der Waals surface area (Å²) in [4.78, 5) is 2.36. The van der Waals surface area contributed by atoms with Crippen LogP contribution in [0.25, 0.3) is 0 Å². The zero-order valence-corrected chi connectivity index (χ0v) is 13.3. The second-order valence-corrected chi connectivity index (χ2v) is 6.56. The maximum Gasteiger partial charge on any atom is 0.128 e. The Hall–Kier alpha value is -0.450. The van der Waals surface area contributed by atoms with E-state index in [1.807, 2.05) is 12.1 Å². The Kier molecular flexibility index (Phi) is 4.98. The van der Waals surface area contributed by atoms with Crippen molar-refractivity contribution in [1.29, 1.82) is 0 Å². The van der Waals surface area contributed by atoms with Crippen molar-refractivity contribution in [1.82, 2.24) is 10.2 Å². The summed E-state index contributed by atoms with van der Waals surface area (Å²) in [5.74, 6) is -0.121. The summed E-state index contributed by atoms with van der Waals surface area (Å²) in [6.07, 6.45) is 2.21. The van der Waals surface area contributed by atoms with Crippen LogP contribution in [0.1, 0.15) is 32.3 Å². The van der Waals surface area contributed by atoms with Crippen LogP contribution in [0, 0.1) is 5.82 Å². The van der Waals surface area contributed by atoms with Gasteiger partial charge >= 0.3 is 0 Å². The Labute approximate surface area is 123 Å². The highest BCUT2D eigenvalue weighted by atomic mass is 79.9. The SMILES string of the molecule is CCC1(C)CN(Cc2ccc(Br)cc2F)CCCN1. The van der Waals surface area contributed by atoms with Crippen molar-refractivity contribution in [2.24, 2.45) is 0 Å². The van der Waals surface area contributed by atoms with Gasteiger partial charge in [0.05, 0.1) is 0 Å². The van der Waals surface area contributed by atoms with Crippen molar-refractivity contribution >= 4 is 15.9 Å². The Balaban J connectivity index is 2.08. The van der Waals surface area contributed by atoms with E-state index in [-0.39, 0.29) is 11.4 Å². The quantitative estimate of drug-likeness (QED) is 0.912. The topological polar surface area (TPSA) is 15.3 Å². The van der Waals surface area contributed by atoms with Crippen LogP contribution in [0.15, 0.2) is 22.7 Å². The van der Waals surface area contributed by atoms with Gasteiger partial charge in [-0.3, -0.25) is 4.90 Å². The molecule has 0 aliphatic carbocycles. The van der Waals surface area contributed by atoms with Crippen LogP contribution in [0.4, 0.5) is 4.39 Å². The summed E-state index contributed by atoms with van der Waals surface area (Å²) >= 11 is 3.30. The van der Waals surface area contributed by atoms with Gasteiger partial charge in [-0.15, -0.1) is 0 Å². The fraction of sp³-hybridized carbons (Fsp3) is 0.600. The zero-order valence-electron chi connectivity index (χ0n) is 11.7. The van der Waals surface area contributed by atoms with Crippen molar-refractivity contribution in [3.63, 3.8) is 0 Å². The number of rotatable bonds is 3. The molecule has 1 saturated heterocycles. The van der Waals surface area contributed by atoms with Gasteiger partial charge in [-0.2, -0.15) is 0 Å². The van der Waals surface area contributed by atoms with Crippen molar-refractivity contribution in [2.45, 2.75) is 38.8 Å². The van der Waals surface area contributed by atoms with E-state index < -0.39 is 0 Å². The first-order chi connectivity index (χ1) is 9.02. The minimum atomic E-state index is -0.121. The first kappa shape index (κ1) is 14.9. The predicted octanol–water partition coefficient (Wildman–Crippen LogP) is 3.55. The molecule has 0 radical (unpaired) electrons. The van der Waals surface area contributed by atoms with Gasteiger partial charge in [0.1, 0.15) is 5.82 Å². The molecule has 2 nitrogen and oxygen atoms in total. The lowest BCUT2D eigenvalue weighted by Crippen LogP contribution is -2.48. The van der Waals surface area contributed by atoms with E-state index in [1.54, 1.807) is 6.07 Å². The summed E-state index contributed by atoms with van der Waals surface area (Å²) in [6.45, 7) is 8.19. The highest BCUT2D eigenvalue weighted by molar-refractivity contribution is 9.10. The lowest BCUT2D eigenvalue weighted by Gasteiger charge is -2.32. The maximum atomic E-state index is 13.9. The van der Waals surface area contributed by atoms with E-state index in [1.165, 1.54) is 0 Å². The smallest absolute Gasteiger partial charge is 0.128 e. The summed E-state index contributed by atoms with van der Waals surface area (Å²) in [7, 11) is 0. The van der Waals surface area contributed by atoms with Crippen LogP contribution >= 0.6 is 15.9 Å². The molecule has 1 aromatic carbocycles. The molecule has 1 unspecified atom stereocenters. The van der Waals surface area contributed by atoms with Crippen LogP contribution in [0.5, 0.6) is 0 Å². The van der Waals surface area contributed by atoms with Crippen LogP contribution in [-0.4, -0.2) is 30.1 Å². The van der Waals surface area contributed by atoms with E-state index in [0.29, 0.717) is 6.54 Å². The van der Waals surface area contributed by atoms with Crippen LogP contribution < -0.4 is 5.32 Å². The van der Waals surface area contributed by atoms with E-state index in [4.69, 9.17) is 0 Å². The van der Waals surface area contributed by atoms with Gasteiger partial charge in [-0.1, -0.05) is 28.9 Å². The number of nitrogens with zero attached hydrogens (tertiary/aromatic N) is 1. The van der Waals surface area contributed by atoms with Crippen LogP contribution in [-0.2, 0) is 6.54 Å². The third-order valence-corrected chi connectivity index (χ3v) is 4.46. The lowest BCUT2D eigenvalue weighted by atomic mass is 9.98. The Morgan fingerprint density at radius 2 is 2.26 bits per heavy atom. The van der Waals surface area contributed by atoms with Crippen molar-refractivity contribution in [2.75, 3.05) is 19.6 Å². The normalized spacial score (nSPS) is 25.3. The second kappa shape index (κ2) is 6.33. The molecular formula is C15H22BrFN2. The number of hydrogen-bond acceptors (Lipinski definition) is 2. The number of nitrogens with one attached hydrogen (secondary N) is 1. The van der Waals surface area contributed by atoms with Gasteiger partial charge in [0.2, 0.25) is 0 Å². The minimum Gasteiger partial charge on any atom is -0.310 e. The highest BCUT2D eigenvalue weighted by Gasteiger charge is 2.27. The summed E-state index contributed by atoms with van der Waals surface area (Å²) < 4.78 is 14.7. The Morgan fingerprint density at radius 1 is 1.47 bits per heavy atom. The third-order valence-electron chi connectivity index (χ3n) is 3.96. The summed E-state index contributed by atoms with van der Waals surface area (Å²) in [5, 5.41) is 3.60. The first-order valence-corrected chi connectivity index (χ1v) is 7.73. The van der Waals surface area contributed by atoms with Crippen molar-refractivity contribution in [3.8, 4) is 0 Å². The molecule has 1 heterocycles. The maximum absolute atomic E-state index is 13.9. The molecule has 2 rings (SSSR count). The van der Waals surface area contributed by atoms with Gasteiger partial charge in [0, 0.05) is 28.7 Å². The number of benzene rings is 1. The van der Waals surface area contributed by atoms with E-state index >= 15 is 0 Å². The molecule has 106 valence electrons. The van der Waals surface area contributed by atoms with Crippen molar-refractivity contribution in [3.05, 3.63) is 34.1 Å². The Morgan fingerprint density at radius 3 is 2.95 bits per heavy atom. The van der Waals surface area contributed by atoms with Gasteiger partial charge in [-0.05, 0) is 45.0 Å². The number of hydrogen-bond donors (Lipinski definition) is 1. The second-order valence-electron chi connectivity index (χ2n) is 5.64. The zero-order chi connectivity index (χ0) is 13.9. The molecule has 0 saturated carbocycles. The molecular weight excluding hydrogens is 307 g/mol. The van der Waals surface area contributed by atoms with Crippen molar-refractivity contribution < 1.29 is 4.39 Å². The molecule has 1 N–H and O–H groups in total. The van der Waals surface area contributed by atoms with Crippen LogP contribution in [0.3, 0.4) is 0 Å². The van der Waals surface area contributed by atoms with E-state index in [2.05, 4.69) is 40.0 Å². The van der Waals surface area contributed by atoms with Crippen LogP contribution in [0.2, 0.25) is 0 Å². The molecule has 1 aliphatic heterocycles. The molecule has 0 amide bonds. The average molecular weight is 329 g/mol. The largest absolute Gasteiger partial charge is 0.310 e. The predicted molar refractivity (Wildman–Crippen MR) is 80.7 cm³/mol. The molecule has 1 fully saturated rings. The monoisotopic (exact) mass is 328 g/mol. The highest BCUT2D eigenvalue weighted by Crippen LogP contribution is 2.20. The summed E-state index contributed by atoms with van der Waals surface area (Å²) in [6, 6.07) is 5.33. The molecule has 4 heteroatoms. The standard InChI is InChI=1S/C15H22BrFN2/c1-3-15(2)11-19(8-4-7-18-15)10-12-5-6-13(16)9-14(12)17/h5-6,9,18H,3-4,7-8,10-11H2,1-2H3. The molecule has 1 aliphatic rings. The summed E-state index contributed by atoms with van der Waals surface area (Å²) in [5.41, 5.74) is 0.922. The van der Waals surface area contributed by atoms with Gasteiger partial charge in [0.15, 0.2) is 0 Å². The minimum absolute atomic E-state index is 0.121. The molecule has 1 aromatic rings. The van der Waals surface area contributed by atoms with E-state index in [9.17, 15) is 4.39 Å². The van der Waals surface area contributed by atoms with Gasteiger partial charge in [0.25, 0.3) is 0 Å². The molecule has 0 bridgehead atoms. The third kappa shape index (κ3) is 4.01. The first-order valence-electron chi connectivity index (χ1n) is 6.94. The molecule has 0 spiro atoms. The number of halogens is 2. The van der Waals surface area contributed by atoms with Gasteiger partial charge < -0.3 is 5.32 Å². The molecule has 0 aromatic heterocycles. The van der Waals surface area contributed by atoms with E-state index in [0.717, 1.165) is 42.5 Å². The lowest BCUT2D eigenvalue weighted by molar-refractivity contribution is 0.206. The molecule has 19 heavy (non-hydrogen) atoms. The Bertz CT molecular complexity index is 438. The molecule has 1 atom stereocenters.